The number of rotatable bonds is 8. The number of benzene rings is 10. The Morgan fingerprint density at radius 3 is 1.35 bits per heavy atom. The van der Waals surface area contributed by atoms with Gasteiger partial charge in [-0.15, -0.1) is 0 Å². The third kappa shape index (κ3) is 5.95. The molecular formula is C61H42N2. The second-order valence-electron chi connectivity index (χ2n) is 16.5. The van der Waals surface area contributed by atoms with Crippen LogP contribution in [0.25, 0.3) is 60.9 Å². The van der Waals surface area contributed by atoms with Gasteiger partial charge in [-0.25, -0.2) is 0 Å². The van der Waals surface area contributed by atoms with E-state index in [4.69, 9.17) is 0 Å². The molecule has 11 aromatic rings. The van der Waals surface area contributed by atoms with E-state index in [-0.39, 0.29) is 0 Å². The van der Waals surface area contributed by atoms with Gasteiger partial charge in [0.1, 0.15) is 0 Å². The highest BCUT2D eigenvalue weighted by molar-refractivity contribution is 6.09. The van der Waals surface area contributed by atoms with E-state index in [1.807, 2.05) is 0 Å². The van der Waals surface area contributed by atoms with Crippen molar-refractivity contribution in [2.75, 3.05) is 4.90 Å². The lowest BCUT2D eigenvalue weighted by Crippen LogP contribution is -2.28. The predicted octanol–water partition coefficient (Wildman–Crippen LogP) is 16.0. The normalized spacial score (nSPS) is 12.6. The van der Waals surface area contributed by atoms with Crippen LogP contribution < -0.4 is 4.90 Å². The molecule has 63 heavy (non-hydrogen) atoms. The smallest absolute Gasteiger partial charge is 0.0714 e. The van der Waals surface area contributed by atoms with Crippen molar-refractivity contribution in [2.45, 2.75) is 5.41 Å². The van der Waals surface area contributed by atoms with Gasteiger partial charge < -0.3 is 9.47 Å². The minimum Gasteiger partial charge on any atom is -0.310 e. The quantitative estimate of drug-likeness (QED) is 0.149. The molecule has 12 rings (SSSR count). The van der Waals surface area contributed by atoms with E-state index in [0.717, 1.165) is 33.9 Å². The molecule has 1 aliphatic carbocycles. The minimum atomic E-state index is -0.540. The number of hydrogen-bond donors (Lipinski definition) is 0. The largest absolute Gasteiger partial charge is 0.310 e. The second kappa shape index (κ2) is 15.1. The fraction of sp³-hybridized carbons (Fsp3) is 0.0164. The van der Waals surface area contributed by atoms with Crippen molar-refractivity contribution in [2.24, 2.45) is 0 Å². The Kier molecular flexibility index (Phi) is 8.76. The van der Waals surface area contributed by atoms with E-state index in [0.29, 0.717) is 0 Å². The molecule has 1 heterocycles. The van der Waals surface area contributed by atoms with Crippen LogP contribution in [0.3, 0.4) is 0 Å². The van der Waals surface area contributed by atoms with Crippen LogP contribution >= 0.6 is 0 Å². The van der Waals surface area contributed by atoms with Gasteiger partial charge in [0.05, 0.1) is 16.4 Å². The first-order valence-electron chi connectivity index (χ1n) is 21.8. The zero-order valence-electron chi connectivity index (χ0n) is 34.6. The molecule has 296 valence electrons. The van der Waals surface area contributed by atoms with Crippen LogP contribution in [0.2, 0.25) is 0 Å². The van der Waals surface area contributed by atoms with Crippen LogP contribution in [-0.2, 0) is 5.41 Å². The Hall–Kier alpha value is -8.20. The maximum absolute atomic E-state index is 2.46. The van der Waals surface area contributed by atoms with E-state index >= 15 is 0 Å². The van der Waals surface area contributed by atoms with Crippen LogP contribution in [0.1, 0.15) is 22.3 Å². The molecule has 0 spiro atoms. The average molecular weight is 803 g/mol. The SMILES string of the molecule is c1ccc(-c2cc(-c3ccccc3)cc(N(c3cccc(-n4c5ccccc5c5ccccc54)c3)c3cccc(C4(c5ccccc5)c5ccccc5-c5ccccc54)c3)c2)cc1. The Morgan fingerprint density at radius 1 is 0.302 bits per heavy atom. The summed E-state index contributed by atoms with van der Waals surface area (Å²) in [5.41, 5.74) is 18.4. The van der Waals surface area contributed by atoms with Crippen molar-refractivity contribution >= 4 is 38.9 Å². The van der Waals surface area contributed by atoms with Crippen molar-refractivity contribution < 1.29 is 0 Å². The molecule has 2 nitrogen and oxygen atoms in total. The first-order chi connectivity index (χ1) is 31.3. The van der Waals surface area contributed by atoms with Crippen LogP contribution in [0.5, 0.6) is 0 Å². The zero-order valence-corrected chi connectivity index (χ0v) is 34.6. The maximum atomic E-state index is 2.46. The summed E-state index contributed by atoms with van der Waals surface area (Å²) in [4.78, 5) is 2.46. The number of para-hydroxylation sites is 2. The fourth-order valence-corrected chi connectivity index (χ4v) is 10.3. The molecule has 2 heteroatoms. The summed E-state index contributed by atoms with van der Waals surface area (Å²) in [6.45, 7) is 0. The lowest BCUT2D eigenvalue weighted by Gasteiger charge is -2.35. The van der Waals surface area contributed by atoms with Gasteiger partial charge in [0, 0.05) is 33.5 Å². The van der Waals surface area contributed by atoms with Crippen molar-refractivity contribution in [3.63, 3.8) is 0 Å². The van der Waals surface area contributed by atoms with E-state index in [9.17, 15) is 0 Å². The molecule has 0 amide bonds. The molecule has 0 radical (unpaired) electrons. The third-order valence-corrected chi connectivity index (χ3v) is 13.0. The Morgan fingerprint density at radius 2 is 0.762 bits per heavy atom. The maximum Gasteiger partial charge on any atom is 0.0714 e. The molecular weight excluding hydrogens is 761 g/mol. The van der Waals surface area contributed by atoms with Gasteiger partial charge in [-0.05, 0) is 116 Å². The van der Waals surface area contributed by atoms with Gasteiger partial charge in [-0.3, -0.25) is 0 Å². The molecule has 0 atom stereocenters. The molecule has 1 aliphatic rings. The molecule has 0 saturated heterocycles. The molecule has 0 bridgehead atoms. The highest BCUT2D eigenvalue weighted by Gasteiger charge is 2.46. The average Bonchev–Trinajstić information content (AvgIpc) is 3.86. The van der Waals surface area contributed by atoms with E-state index in [1.165, 1.54) is 66.3 Å². The van der Waals surface area contributed by atoms with Crippen molar-refractivity contribution in [3.05, 3.63) is 277 Å². The molecule has 0 unspecified atom stereocenters. The minimum absolute atomic E-state index is 0.540. The molecule has 0 aliphatic heterocycles. The van der Waals surface area contributed by atoms with Gasteiger partial charge in [0.15, 0.2) is 0 Å². The Balaban J connectivity index is 1.14. The lowest BCUT2D eigenvalue weighted by atomic mass is 9.67. The van der Waals surface area contributed by atoms with Crippen LogP contribution in [-0.4, -0.2) is 4.57 Å². The number of aromatic nitrogens is 1. The van der Waals surface area contributed by atoms with Gasteiger partial charge >= 0.3 is 0 Å². The summed E-state index contributed by atoms with van der Waals surface area (Å²) in [7, 11) is 0. The van der Waals surface area contributed by atoms with E-state index in [1.54, 1.807) is 0 Å². The van der Waals surface area contributed by atoms with Crippen LogP contribution in [0.15, 0.2) is 255 Å². The summed E-state index contributed by atoms with van der Waals surface area (Å²) >= 11 is 0. The van der Waals surface area contributed by atoms with Crippen LogP contribution in [0.4, 0.5) is 17.1 Å². The van der Waals surface area contributed by atoms with Crippen molar-refractivity contribution in [1.29, 1.82) is 0 Å². The second-order valence-corrected chi connectivity index (χ2v) is 16.5. The highest BCUT2D eigenvalue weighted by Crippen LogP contribution is 2.56. The molecule has 1 aromatic heterocycles. The van der Waals surface area contributed by atoms with Crippen LogP contribution in [0, 0.1) is 0 Å². The van der Waals surface area contributed by atoms with Gasteiger partial charge in [-0.1, -0.05) is 194 Å². The van der Waals surface area contributed by atoms with Crippen molar-refractivity contribution in [1.82, 2.24) is 4.57 Å². The van der Waals surface area contributed by atoms with Gasteiger partial charge in [-0.2, -0.15) is 0 Å². The topological polar surface area (TPSA) is 8.17 Å². The summed E-state index contributed by atoms with van der Waals surface area (Å²) in [5.74, 6) is 0. The third-order valence-electron chi connectivity index (χ3n) is 13.0. The number of hydrogen-bond acceptors (Lipinski definition) is 1. The first-order valence-corrected chi connectivity index (χ1v) is 21.8. The standard InChI is InChI=1S/C61H42N2/c1-4-20-43(21-5-1)45-38-46(44-22-6-2-7-23-44)40-52(39-45)62(50-28-19-29-51(42-50)63-59-36-16-12-32-55(59)56-33-13-17-37-60(56)63)49-27-18-26-48(41-49)61(47-24-8-3-9-25-47)57-34-14-10-30-53(57)54-31-11-15-35-58(54)61/h1-42H. The van der Waals surface area contributed by atoms with E-state index < -0.39 is 5.41 Å². The molecule has 0 saturated carbocycles. The molecule has 0 fully saturated rings. The molecule has 10 aromatic carbocycles. The Labute approximate surface area is 368 Å². The summed E-state index contributed by atoms with van der Waals surface area (Å²) in [6.07, 6.45) is 0. The predicted molar refractivity (Wildman–Crippen MR) is 264 cm³/mol. The zero-order chi connectivity index (χ0) is 41.7. The highest BCUT2D eigenvalue weighted by atomic mass is 15.1. The number of anilines is 3. The van der Waals surface area contributed by atoms with Gasteiger partial charge in [0.2, 0.25) is 0 Å². The monoisotopic (exact) mass is 802 g/mol. The molecule has 0 N–H and O–H groups in total. The summed E-state index contributed by atoms with van der Waals surface area (Å²) in [5, 5.41) is 2.49. The number of nitrogens with zero attached hydrogens (tertiary/aromatic N) is 2. The van der Waals surface area contributed by atoms with Crippen molar-refractivity contribution in [3.8, 4) is 39.1 Å². The fourth-order valence-electron chi connectivity index (χ4n) is 10.3. The number of fused-ring (bicyclic) bond motifs is 6. The Bertz CT molecular complexity index is 3300. The summed E-state index contributed by atoms with van der Waals surface area (Å²) < 4.78 is 2.41. The van der Waals surface area contributed by atoms with Gasteiger partial charge in [0.25, 0.3) is 0 Å². The lowest BCUT2D eigenvalue weighted by molar-refractivity contribution is 0.768. The summed E-state index contributed by atoms with van der Waals surface area (Å²) in [6, 6.07) is 93.4. The van der Waals surface area contributed by atoms with E-state index in [2.05, 4.69) is 264 Å². The first kappa shape index (κ1) is 36.6.